The first-order valence-electron chi connectivity index (χ1n) is 5.65. The minimum absolute atomic E-state index is 0.233. The van der Waals surface area contributed by atoms with Crippen molar-refractivity contribution in [2.24, 2.45) is 16.9 Å². The Hall–Kier alpha value is -1.74. The van der Waals surface area contributed by atoms with Gasteiger partial charge in [0.25, 0.3) is 0 Å². The van der Waals surface area contributed by atoms with Gasteiger partial charge in [-0.2, -0.15) is 0 Å². The molecule has 88 valence electrons. The highest BCUT2D eigenvalue weighted by molar-refractivity contribution is 5.38. The van der Waals surface area contributed by atoms with E-state index in [0.717, 1.165) is 12.0 Å². The fraction of sp³-hybridized carbons (Fsp3) is 0.333. The largest absolute Gasteiger partial charge is 0.320 e. The summed E-state index contributed by atoms with van der Waals surface area (Å²) in [6.45, 7) is 2.85. The Bertz CT molecular complexity index is 461. The van der Waals surface area contributed by atoms with Gasteiger partial charge in [-0.3, -0.25) is 0 Å². The van der Waals surface area contributed by atoms with Gasteiger partial charge in [-0.15, -0.1) is 0 Å². The normalized spacial score (nSPS) is 26.2. The van der Waals surface area contributed by atoms with Gasteiger partial charge in [0, 0.05) is 5.57 Å². The Kier molecular flexibility index (Phi) is 5.30. The van der Waals surface area contributed by atoms with Gasteiger partial charge >= 0.3 is 0 Å². The maximum Gasteiger partial charge on any atom is 0.0649 e. The monoisotopic (exact) mass is 226 g/mol. The second-order valence-electron chi connectivity index (χ2n) is 3.95. The molecular weight excluding hydrogens is 208 g/mol. The molecule has 2 nitrogen and oxygen atoms in total. The molecule has 1 aliphatic carbocycles. The van der Waals surface area contributed by atoms with Gasteiger partial charge in [-0.05, 0) is 13.3 Å². The van der Waals surface area contributed by atoms with Crippen molar-refractivity contribution in [2.75, 3.05) is 13.1 Å². The van der Waals surface area contributed by atoms with E-state index in [9.17, 15) is 0 Å². The molecular formula is C15H18N2. The first kappa shape index (κ1) is 13.3. The van der Waals surface area contributed by atoms with E-state index in [1.54, 1.807) is 0 Å². The third-order valence-electron chi connectivity index (χ3n) is 2.35. The lowest BCUT2D eigenvalue weighted by Crippen LogP contribution is -2.08. The first-order valence-corrected chi connectivity index (χ1v) is 5.65. The molecule has 0 saturated heterocycles. The number of hydrogen-bond donors (Lipinski definition) is 2. The third-order valence-corrected chi connectivity index (χ3v) is 2.35. The zero-order chi connectivity index (χ0) is 12.6. The van der Waals surface area contributed by atoms with Crippen molar-refractivity contribution in [3.63, 3.8) is 0 Å². The van der Waals surface area contributed by atoms with Gasteiger partial charge in [0.05, 0.1) is 18.5 Å². The SMILES string of the molecule is CC1(C#CCN)/C=C\C=C(C#CCN)C/C=C\1. The van der Waals surface area contributed by atoms with E-state index >= 15 is 0 Å². The summed E-state index contributed by atoms with van der Waals surface area (Å²) in [4.78, 5) is 0. The Morgan fingerprint density at radius 2 is 2.00 bits per heavy atom. The van der Waals surface area contributed by atoms with Crippen molar-refractivity contribution in [1.82, 2.24) is 0 Å². The van der Waals surface area contributed by atoms with Crippen molar-refractivity contribution in [3.05, 3.63) is 36.0 Å². The van der Waals surface area contributed by atoms with Gasteiger partial charge in [0.2, 0.25) is 0 Å². The van der Waals surface area contributed by atoms with Crippen molar-refractivity contribution >= 4 is 0 Å². The minimum Gasteiger partial charge on any atom is -0.320 e. The molecule has 0 aromatic rings. The van der Waals surface area contributed by atoms with Crippen molar-refractivity contribution in [1.29, 1.82) is 0 Å². The van der Waals surface area contributed by atoms with Crippen LogP contribution in [0.3, 0.4) is 0 Å². The summed E-state index contributed by atoms with van der Waals surface area (Å²) in [5, 5.41) is 0. The highest BCUT2D eigenvalue weighted by Gasteiger charge is 2.13. The molecule has 1 atom stereocenters. The summed E-state index contributed by atoms with van der Waals surface area (Å²) < 4.78 is 0. The Morgan fingerprint density at radius 3 is 2.71 bits per heavy atom. The number of hydrogen-bond acceptors (Lipinski definition) is 2. The van der Waals surface area contributed by atoms with E-state index in [-0.39, 0.29) is 5.41 Å². The Labute approximate surface area is 103 Å². The van der Waals surface area contributed by atoms with E-state index in [0.29, 0.717) is 13.1 Å². The second kappa shape index (κ2) is 6.76. The predicted octanol–water partition coefficient (Wildman–Crippen LogP) is 1.36. The van der Waals surface area contributed by atoms with Gasteiger partial charge in [-0.1, -0.05) is 54.1 Å². The molecule has 0 heterocycles. The summed E-state index contributed by atoms with van der Waals surface area (Å²) in [7, 11) is 0. The van der Waals surface area contributed by atoms with Crippen LogP contribution < -0.4 is 11.5 Å². The van der Waals surface area contributed by atoms with Gasteiger partial charge in [0.15, 0.2) is 0 Å². The molecule has 0 fully saturated rings. The van der Waals surface area contributed by atoms with Gasteiger partial charge in [-0.25, -0.2) is 0 Å². The Balaban J connectivity index is 2.89. The smallest absolute Gasteiger partial charge is 0.0649 e. The summed E-state index contributed by atoms with van der Waals surface area (Å²) in [5.41, 5.74) is 11.6. The molecule has 17 heavy (non-hydrogen) atoms. The average molecular weight is 226 g/mol. The van der Waals surface area contributed by atoms with Crippen LogP contribution in [-0.2, 0) is 0 Å². The maximum atomic E-state index is 5.39. The maximum absolute atomic E-state index is 5.39. The van der Waals surface area contributed by atoms with Crippen LogP contribution in [0.15, 0.2) is 36.0 Å². The lowest BCUT2D eigenvalue weighted by atomic mass is 9.88. The highest BCUT2D eigenvalue weighted by Crippen LogP contribution is 2.22. The molecule has 0 amide bonds. The molecule has 1 unspecified atom stereocenters. The van der Waals surface area contributed by atoms with E-state index in [4.69, 9.17) is 11.5 Å². The summed E-state index contributed by atoms with van der Waals surface area (Å²) in [6, 6.07) is 0. The average Bonchev–Trinajstić information content (AvgIpc) is 2.30. The van der Waals surface area contributed by atoms with Crippen LogP contribution in [0.25, 0.3) is 0 Å². The fourth-order valence-electron chi connectivity index (χ4n) is 1.50. The molecule has 0 spiro atoms. The summed E-state index contributed by atoms with van der Waals surface area (Å²) >= 11 is 0. The molecule has 0 aromatic carbocycles. The molecule has 1 rings (SSSR count). The van der Waals surface area contributed by atoms with Crippen LogP contribution >= 0.6 is 0 Å². The minimum atomic E-state index is -0.233. The van der Waals surface area contributed by atoms with Crippen LogP contribution in [0, 0.1) is 29.1 Å². The molecule has 1 aliphatic rings. The highest BCUT2D eigenvalue weighted by atomic mass is 14.5. The lowest BCUT2D eigenvalue weighted by Gasteiger charge is -2.15. The number of rotatable bonds is 0. The fourth-order valence-corrected chi connectivity index (χ4v) is 1.50. The molecule has 0 saturated carbocycles. The zero-order valence-electron chi connectivity index (χ0n) is 10.2. The number of nitrogens with two attached hydrogens (primary N) is 2. The van der Waals surface area contributed by atoms with Crippen LogP contribution in [0.5, 0.6) is 0 Å². The summed E-state index contributed by atoms with van der Waals surface area (Å²) in [6.07, 6.45) is 11.0. The topological polar surface area (TPSA) is 52.0 Å². The first-order chi connectivity index (χ1) is 8.20. The third kappa shape index (κ3) is 4.74. The zero-order valence-corrected chi connectivity index (χ0v) is 10.2. The standard InChI is InChI=1S/C15H18N2/c1-15(11-5-13-17)9-2-6-14(7-3-10-15)8-4-12-16/h2-3,6,9-10H,7,12-13,16-17H2,1H3/b9-2-,10-3-,14-6?. The molecule has 2 heteroatoms. The lowest BCUT2D eigenvalue weighted by molar-refractivity contribution is 0.744. The van der Waals surface area contributed by atoms with E-state index < -0.39 is 0 Å². The number of allylic oxidation sites excluding steroid dienone is 6. The molecule has 0 bridgehead atoms. The molecule has 4 N–H and O–H groups in total. The van der Waals surface area contributed by atoms with E-state index in [2.05, 4.69) is 48.8 Å². The van der Waals surface area contributed by atoms with Crippen LogP contribution in [0.1, 0.15) is 13.3 Å². The second-order valence-corrected chi connectivity index (χ2v) is 3.95. The van der Waals surface area contributed by atoms with Gasteiger partial charge in [0.1, 0.15) is 0 Å². The summed E-state index contributed by atoms with van der Waals surface area (Å²) in [5.74, 6) is 12.0. The van der Waals surface area contributed by atoms with Crippen molar-refractivity contribution in [3.8, 4) is 23.7 Å². The van der Waals surface area contributed by atoms with Gasteiger partial charge < -0.3 is 11.5 Å². The molecule has 0 aliphatic heterocycles. The predicted molar refractivity (Wildman–Crippen MR) is 72.7 cm³/mol. The Morgan fingerprint density at radius 1 is 1.24 bits per heavy atom. The van der Waals surface area contributed by atoms with Crippen LogP contribution in [0.2, 0.25) is 0 Å². The van der Waals surface area contributed by atoms with E-state index in [1.807, 2.05) is 12.2 Å². The molecule has 0 aromatic heterocycles. The van der Waals surface area contributed by atoms with E-state index in [1.165, 1.54) is 0 Å². The molecule has 0 radical (unpaired) electrons. The quantitative estimate of drug-likeness (QED) is 0.484. The van der Waals surface area contributed by atoms with Crippen molar-refractivity contribution < 1.29 is 0 Å². The van der Waals surface area contributed by atoms with Crippen molar-refractivity contribution in [2.45, 2.75) is 13.3 Å². The van der Waals surface area contributed by atoms with Crippen LogP contribution in [-0.4, -0.2) is 13.1 Å². The van der Waals surface area contributed by atoms with Crippen LogP contribution in [0.4, 0.5) is 0 Å².